The summed E-state index contributed by atoms with van der Waals surface area (Å²) in [6.07, 6.45) is 11.5. The Kier molecular flexibility index (Phi) is 15.9. The van der Waals surface area contributed by atoms with Crippen molar-refractivity contribution < 1.29 is 38.8 Å². The fourth-order valence-electron chi connectivity index (χ4n) is 7.52. The fourth-order valence-corrected chi connectivity index (χ4v) is 7.52. The summed E-state index contributed by atoms with van der Waals surface area (Å²) in [6.45, 7) is 4.14. The molecule has 1 fully saturated rings. The Bertz CT molecular complexity index is 1800. The van der Waals surface area contributed by atoms with E-state index < -0.39 is 36.1 Å². The van der Waals surface area contributed by atoms with Crippen LogP contribution in [0.5, 0.6) is 5.75 Å². The van der Waals surface area contributed by atoms with Crippen LogP contribution in [-0.2, 0) is 36.6 Å². The third kappa shape index (κ3) is 11.2. The van der Waals surface area contributed by atoms with Crippen LogP contribution in [0, 0.1) is 0 Å². The van der Waals surface area contributed by atoms with E-state index >= 15 is 0 Å². The Morgan fingerprint density at radius 3 is 2.30 bits per heavy atom. The molecule has 1 aliphatic carbocycles. The van der Waals surface area contributed by atoms with Gasteiger partial charge >= 0.3 is 5.97 Å². The molecule has 0 spiro atoms. The van der Waals surface area contributed by atoms with E-state index in [0.29, 0.717) is 36.0 Å². The van der Waals surface area contributed by atoms with Crippen molar-refractivity contribution in [2.24, 2.45) is 0 Å². The van der Waals surface area contributed by atoms with Crippen LogP contribution in [0.25, 0.3) is 6.08 Å². The molecule has 0 aromatic heterocycles. The number of carbonyl (C=O) groups is 3. The van der Waals surface area contributed by atoms with Gasteiger partial charge in [0.15, 0.2) is 5.79 Å². The normalized spacial score (nSPS) is 19.2. The topological polar surface area (TPSA) is 135 Å². The van der Waals surface area contributed by atoms with Crippen molar-refractivity contribution in [1.29, 1.82) is 0 Å². The van der Waals surface area contributed by atoms with Gasteiger partial charge in [0, 0.05) is 44.8 Å². The standard InChI is InChI=1S/C46H58N2O8/c1-4-6-15-26-46(27-16-7-5-2)55-41-32-36(44(52)48(3)38(43(51)47-28-29-49)30-33-18-9-8-10-19-33)31-40(42(41)56-46)54-45(53)37-24-13-11-20-34(37)22-17-23-35-21-12-14-25-39(35)50/h8-14,17-22,24-25,32,38,40-42,49-50H,4-7,15-16,23,26-31H2,1-3H3,(H,47,51). The second-order valence-corrected chi connectivity index (χ2v) is 14.8. The Hall–Kier alpha value is -4.77. The molecule has 1 saturated heterocycles. The first-order valence-corrected chi connectivity index (χ1v) is 20.2. The summed E-state index contributed by atoms with van der Waals surface area (Å²) >= 11 is 0. The van der Waals surface area contributed by atoms with E-state index in [1.807, 2.05) is 66.7 Å². The maximum absolute atomic E-state index is 14.5. The van der Waals surface area contributed by atoms with Gasteiger partial charge in [-0.2, -0.15) is 0 Å². The summed E-state index contributed by atoms with van der Waals surface area (Å²) in [6, 6.07) is 22.9. The molecule has 4 atom stereocenters. The number of aromatic hydroxyl groups is 1. The number of phenolic OH excluding ortho intramolecular Hbond substituents is 1. The molecule has 10 nitrogen and oxygen atoms in total. The molecule has 1 heterocycles. The monoisotopic (exact) mass is 766 g/mol. The molecule has 4 unspecified atom stereocenters. The van der Waals surface area contributed by atoms with Crippen LogP contribution in [0.1, 0.15) is 98.7 Å². The highest BCUT2D eigenvalue weighted by Gasteiger charge is 2.52. The van der Waals surface area contributed by atoms with Gasteiger partial charge in [-0.3, -0.25) is 9.59 Å². The lowest BCUT2D eigenvalue weighted by molar-refractivity contribution is -0.190. The first kappa shape index (κ1) is 42.4. The average Bonchev–Trinajstić information content (AvgIpc) is 3.58. The van der Waals surface area contributed by atoms with Crippen LogP contribution in [0.15, 0.2) is 96.6 Å². The fraction of sp³-hybridized carbons (Fsp3) is 0.457. The number of amides is 2. The van der Waals surface area contributed by atoms with Gasteiger partial charge in [0.25, 0.3) is 0 Å². The highest BCUT2D eigenvalue weighted by molar-refractivity contribution is 5.98. The minimum Gasteiger partial charge on any atom is -0.508 e. The number of phenols is 1. The second-order valence-electron chi connectivity index (χ2n) is 14.8. The predicted octanol–water partition coefficient (Wildman–Crippen LogP) is 7.32. The van der Waals surface area contributed by atoms with Crippen molar-refractivity contribution in [2.75, 3.05) is 20.2 Å². The molecule has 5 rings (SSSR count). The van der Waals surface area contributed by atoms with Gasteiger partial charge in [-0.15, -0.1) is 0 Å². The van der Waals surface area contributed by atoms with E-state index in [0.717, 1.165) is 49.7 Å². The molecule has 3 aromatic carbocycles. The number of hydrogen-bond donors (Lipinski definition) is 3. The quantitative estimate of drug-likeness (QED) is 0.0805. The Morgan fingerprint density at radius 1 is 0.929 bits per heavy atom. The van der Waals surface area contributed by atoms with Crippen LogP contribution < -0.4 is 5.32 Å². The van der Waals surface area contributed by atoms with E-state index in [2.05, 4.69) is 19.2 Å². The van der Waals surface area contributed by atoms with E-state index in [4.69, 9.17) is 14.2 Å². The second kappa shape index (κ2) is 20.9. The Labute approximate surface area is 331 Å². The molecule has 300 valence electrons. The van der Waals surface area contributed by atoms with E-state index in [9.17, 15) is 24.6 Å². The maximum atomic E-state index is 14.5. The number of aliphatic hydroxyl groups excluding tert-OH is 1. The number of ether oxygens (including phenoxy) is 3. The molecular weight excluding hydrogens is 709 g/mol. The van der Waals surface area contributed by atoms with E-state index in [-0.39, 0.29) is 43.6 Å². The SMILES string of the molecule is CCCCCC1(CCCCC)OC2C=C(C(=O)N(C)C(Cc3ccccc3)C(=O)NCCO)CC(OC(=O)c3ccccc3C=CCc3ccccc3O)C2O1. The summed E-state index contributed by atoms with van der Waals surface area (Å²) in [4.78, 5) is 43.5. The highest BCUT2D eigenvalue weighted by atomic mass is 16.8. The number of likely N-dealkylation sites (N-methyl/N-ethyl adjacent to an activating group) is 1. The van der Waals surface area contributed by atoms with Crippen molar-refractivity contribution in [3.8, 4) is 5.75 Å². The lowest BCUT2D eigenvalue weighted by Gasteiger charge is -2.33. The molecule has 0 saturated carbocycles. The minimum atomic E-state index is -0.880. The van der Waals surface area contributed by atoms with Gasteiger partial charge in [-0.1, -0.05) is 118 Å². The maximum Gasteiger partial charge on any atom is 0.339 e. The zero-order valence-electron chi connectivity index (χ0n) is 33.0. The number of aliphatic hydroxyl groups is 1. The van der Waals surface area contributed by atoms with Crippen LogP contribution in [0.4, 0.5) is 0 Å². The number of fused-ring (bicyclic) bond motifs is 1. The molecular formula is C46H58N2O8. The van der Waals surface area contributed by atoms with Gasteiger partial charge in [0.1, 0.15) is 30.1 Å². The number of rotatable bonds is 20. The van der Waals surface area contributed by atoms with Crippen molar-refractivity contribution in [3.63, 3.8) is 0 Å². The smallest absolute Gasteiger partial charge is 0.339 e. The first-order chi connectivity index (χ1) is 27.2. The van der Waals surface area contributed by atoms with Gasteiger partial charge < -0.3 is 34.6 Å². The molecule has 56 heavy (non-hydrogen) atoms. The minimum absolute atomic E-state index is 0.0609. The first-order valence-electron chi connectivity index (χ1n) is 20.2. The molecule has 3 N–H and O–H groups in total. The van der Waals surface area contributed by atoms with Crippen molar-refractivity contribution >= 4 is 23.9 Å². The largest absolute Gasteiger partial charge is 0.508 e. The van der Waals surface area contributed by atoms with E-state index in [1.165, 1.54) is 4.90 Å². The number of carbonyl (C=O) groups excluding carboxylic acids is 3. The Morgan fingerprint density at radius 2 is 1.61 bits per heavy atom. The third-order valence-corrected chi connectivity index (χ3v) is 10.6. The van der Waals surface area contributed by atoms with Crippen LogP contribution in [0.2, 0.25) is 0 Å². The number of unbranched alkanes of at least 4 members (excludes halogenated alkanes) is 4. The van der Waals surface area contributed by atoms with Crippen molar-refractivity contribution in [1.82, 2.24) is 10.2 Å². The number of hydrogen-bond acceptors (Lipinski definition) is 8. The van der Waals surface area contributed by atoms with Crippen LogP contribution in [-0.4, -0.2) is 83.2 Å². The average molecular weight is 767 g/mol. The number of esters is 1. The summed E-state index contributed by atoms with van der Waals surface area (Å²) in [5, 5.41) is 22.4. The number of nitrogens with one attached hydrogen (secondary N) is 1. The van der Waals surface area contributed by atoms with Gasteiger partial charge in [-0.25, -0.2) is 4.79 Å². The number of para-hydroxylation sites is 1. The lowest BCUT2D eigenvalue weighted by Crippen LogP contribution is -2.51. The molecule has 10 heteroatoms. The van der Waals surface area contributed by atoms with E-state index in [1.54, 1.807) is 37.4 Å². The third-order valence-electron chi connectivity index (χ3n) is 10.6. The number of nitrogens with zero attached hydrogens (tertiary/aromatic N) is 1. The van der Waals surface area contributed by atoms with Crippen molar-refractivity contribution in [2.45, 2.75) is 115 Å². The summed E-state index contributed by atoms with van der Waals surface area (Å²) in [7, 11) is 1.60. The van der Waals surface area contributed by atoms with Crippen LogP contribution >= 0.6 is 0 Å². The van der Waals surface area contributed by atoms with Gasteiger partial charge in [0.05, 0.1) is 12.2 Å². The molecule has 0 bridgehead atoms. The summed E-state index contributed by atoms with van der Waals surface area (Å²) in [5.74, 6) is -1.99. The zero-order valence-corrected chi connectivity index (χ0v) is 33.0. The number of benzene rings is 3. The molecule has 2 aliphatic rings. The van der Waals surface area contributed by atoms with Crippen LogP contribution in [0.3, 0.4) is 0 Å². The molecule has 0 radical (unpaired) electrons. The molecule has 1 aliphatic heterocycles. The van der Waals surface area contributed by atoms with Crippen molar-refractivity contribution in [3.05, 3.63) is 119 Å². The highest BCUT2D eigenvalue weighted by Crippen LogP contribution is 2.43. The lowest BCUT2D eigenvalue weighted by atomic mass is 9.90. The zero-order chi connectivity index (χ0) is 39.9. The Balaban J connectivity index is 1.44. The molecule has 2 amide bonds. The number of allylic oxidation sites excluding steroid dienone is 1. The molecule has 3 aromatic rings. The summed E-state index contributed by atoms with van der Waals surface area (Å²) in [5.41, 5.74) is 3.03. The summed E-state index contributed by atoms with van der Waals surface area (Å²) < 4.78 is 20.0. The van der Waals surface area contributed by atoms with Gasteiger partial charge in [0.2, 0.25) is 11.8 Å². The predicted molar refractivity (Wildman–Crippen MR) is 217 cm³/mol. The van der Waals surface area contributed by atoms with Gasteiger partial charge in [-0.05, 0) is 54.2 Å².